The molecule has 0 saturated heterocycles. The largest absolute Gasteiger partial charge is 0.438 e. The number of anilines is 1. The minimum Gasteiger partial charge on any atom is -0.438 e. The molecule has 1 heterocycles. The van der Waals surface area contributed by atoms with E-state index in [0.29, 0.717) is 5.69 Å². The Kier molecular flexibility index (Phi) is 2.72. The molecule has 16 heavy (non-hydrogen) atoms. The molecule has 2 rings (SSSR count). The number of benzene rings is 1. The highest BCUT2D eigenvalue weighted by atomic mass is 16.3. The molecule has 0 aliphatic carbocycles. The summed E-state index contributed by atoms with van der Waals surface area (Å²) < 4.78 is 5.00. The van der Waals surface area contributed by atoms with Crippen LogP contribution < -0.4 is 5.32 Å². The Labute approximate surface area is 93.3 Å². The van der Waals surface area contributed by atoms with E-state index >= 15 is 0 Å². The summed E-state index contributed by atoms with van der Waals surface area (Å²) in [5, 5.41) is 2.74. The van der Waals surface area contributed by atoms with Crippen LogP contribution in [-0.4, -0.2) is 10.9 Å². The average Bonchev–Trinajstić information content (AvgIpc) is 2.68. The van der Waals surface area contributed by atoms with Crippen molar-refractivity contribution < 1.29 is 9.21 Å². The van der Waals surface area contributed by atoms with Gasteiger partial charge in [-0.2, -0.15) is 0 Å². The Morgan fingerprint density at radius 2 is 1.94 bits per heavy atom. The zero-order valence-corrected chi connectivity index (χ0v) is 9.15. The maximum Gasteiger partial charge on any atom is 0.293 e. The van der Waals surface area contributed by atoms with Gasteiger partial charge >= 0.3 is 0 Å². The number of nitrogens with zero attached hydrogens (tertiary/aromatic N) is 1. The van der Waals surface area contributed by atoms with Crippen LogP contribution in [0, 0.1) is 13.8 Å². The first kappa shape index (κ1) is 10.4. The van der Waals surface area contributed by atoms with Crippen molar-refractivity contribution in [1.29, 1.82) is 0 Å². The first-order valence-corrected chi connectivity index (χ1v) is 4.95. The van der Waals surface area contributed by atoms with Crippen LogP contribution in [0.15, 0.2) is 35.1 Å². The summed E-state index contributed by atoms with van der Waals surface area (Å²) in [7, 11) is 0. The third-order valence-corrected chi connectivity index (χ3v) is 2.26. The van der Waals surface area contributed by atoms with Crippen LogP contribution in [0.25, 0.3) is 0 Å². The van der Waals surface area contributed by atoms with Gasteiger partial charge in [0, 0.05) is 5.69 Å². The van der Waals surface area contributed by atoms with E-state index in [1.54, 1.807) is 6.92 Å². The predicted molar refractivity (Wildman–Crippen MR) is 60.4 cm³/mol. The summed E-state index contributed by atoms with van der Waals surface area (Å²) in [6, 6.07) is 7.56. The Bertz CT molecular complexity index is 500. The molecule has 0 atom stereocenters. The fourth-order valence-electron chi connectivity index (χ4n) is 1.34. The van der Waals surface area contributed by atoms with Gasteiger partial charge in [-0.15, -0.1) is 0 Å². The fraction of sp³-hybridized carbons (Fsp3) is 0.167. The second-order valence-corrected chi connectivity index (χ2v) is 3.59. The summed E-state index contributed by atoms with van der Waals surface area (Å²) in [6.07, 6.45) is 1.26. The Hall–Kier alpha value is -2.10. The Morgan fingerprint density at radius 1 is 1.25 bits per heavy atom. The second kappa shape index (κ2) is 4.18. The summed E-state index contributed by atoms with van der Waals surface area (Å²) in [4.78, 5) is 15.6. The quantitative estimate of drug-likeness (QED) is 0.839. The van der Waals surface area contributed by atoms with Crippen LogP contribution in [0.4, 0.5) is 5.69 Å². The smallest absolute Gasteiger partial charge is 0.293 e. The topological polar surface area (TPSA) is 55.1 Å². The molecule has 0 bridgehead atoms. The summed E-state index contributed by atoms with van der Waals surface area (Å²) >= 11 is 0. The van der Waals surface area contributed by atoms with E-state index in [1.165, 1.54) is 6.39 Å². The van der Waals surface area contributed by atoms with Gasteiger partial charge in [-0.05, 0) is 26.0 Å². The molecule has 2 aromatic rings. The molecule has 1 aromatic heterocycles. The van der Waals surface area contributed by atoms with Crippen molar-refractivity contribution in [3.05, 3.63) is 47.7 Å². The molecule has 1 aromatic carbocycles. The van der Waals surface area contributed by atoms with Crippen molar-refractivity contribution in [1.82, 2.24) is 4.98 Å². The minimum absolute atomic E-state index is 0.251. The van der Waals surface area contributed by atoms with Gasteiger partial charge in [0.25, 0.3) is 5.91 Å². The molecule has 0 aliphatic rings. The lowest BCUT2D eigenvalue weighted by molar-refractivity contribution is 0.0996. The third-order valence-electron chi connectivity index (χ3n) is 2.26. The van der Waals surface area contributed by atoms with E-state index in [1.807, 2.05) is 31.2 Å². The number of nitrogens with one attached hydrogen (secondary N) is 1. The van der Waals surface area contributed by atoms with Gasteiger partial charge in [-0.25, -0.2) is 4.98 Å². The van der Waals surface area contributed by atoms with Gasteiger partial charge in [-0.3, -0.25) is 4.79 Å². The molecule has 0 fully saturated rings. The van der Waals surface area contributed by atoms with Gasteiger partial charge in [0.15, 0.2) is 6.39 Å². The zero-order chi connectivity index (χ0) is 11.5. The molecular formula is C12H12N2O2. The first-order valence-electron chi connectivity index (χ1n) is 4.95. The number of rotatable bonds is 2. The van der Waals surface area contributed by atoms with Gasteiger partial charge in [-0.1, -0.05) is 17.7 Å². The van der Waals surface area contributed by atoms with E-state index in [9.17, 15) is 4.79 Å². The number of oxazole rings is 1. The van der Waals surface area contributed by atoms with Crippen LogP contribution in [0.3, 0.4) is 0 Å². The first-order chi connectivity index (χ1) is 7.66. The fourth-order valence-corrected chi connectivity index (χ4v) is 1.34. The third kappa shape index (κ3) is 2.11. The van der Waals surface area contributed by atoms with Crippen LogP contribution in [0.5, 0.6) is 0 Å². The van der Waals surface area contributed by atoms with Gasteiger partial charge in [0.1, 0.15) is 0 Å². The Morgan fingerprint density at radius 3 is 2.50 bits per heavy atom. The summed E-state index contributed by atoms with van der Waals surface area (Å²) in [6.45, 7) is 3.72. The predicted octanol–water partition coefficient (Wildman–Crippen LogP) is 2.54. The van der Waals surface area contributed by atoms with E-state index in [0.717, 1.165) is 11.3 Å². The summed E-state index contributed by atoms with van der Waals surface area (Å²) in [5.74, 6) is -0.0283. The van der Waals surface area contributed by atoms with Crippen molar-refractivity contribution in [3.8, 4) is 0 Å². The lowest BCUT2D eigenvalue weighted by Crippen LogP contribution is -2.12. The molecule has 0 saturated carbocycles. The van der Waals surface area contributed by atoms with Crippen molar-refractivity contribution in [2.45, 2.75) is 13.8 Å². The molecule has 4 heteroatoms. The van der Waals surface area contributed by atoms with Gasteiger partial charge in [0.2, 0.25) is 5.76 Å². The molecule has 4 nitrogen and oxygen atoms in total. The van der Waals surface area contributed by atoms with Gasteiger partial charge in [0.05, 0.1) is 5.69 Å². The number of amides is 1. The lowest BCUT2D eigenvalue weighted by atomic mass is 10.2. The molecular weight excluding hydrogens is 204 g/mol. The van der Waals surface area contributed by atoms with Crippen molar-refractivity contribution in [2.24, 2.45) is 0 Å². The molecule has 0 spiro atoms. The highest BCUT2D eigenvalue weighted by Gasteiger charge is 2.13. The SMILES string of the molecule is Cc1ccc(NC(=O)c2ocnc2C)cc1. The standard InChI is InChI=1S/C12H12N2O2/c1-8-3-5-10(6-4-8)14-12(15)11-9(2)13-7-16-11/h3-7H,1-2H3,(H,14,15). The molecule has 0 radical (unpaired) electrons. The maximum absolute atomic E-state index is 11.7. The molecule has 1 amide bonds. The second-order valence-electron chi connectivity index (χ2n) is 3.59. The zero-order valence-electron chi connectivity index (χ0n) is 9.15. The average molecular weight is 216 g/mol. The normalized spacial score (nSPS) is 10.1. The van der Waals surface area contributed by atoms with Crippen molar-refractivity contribution >= 4 is 11.6 Å². The monoisotopic (exact) mass is 216 g/mol. The number of aryl methyl sites for hydroxylation is 2. The van der Waals surface area contributed by atoms with E-state index in [2.05, 4.69) is 10.3 Å². The van der Waals surface area contributed by atoms with Crippen molar-refractivity contribution in [2.75, 3.05) is 5.32 Å². The molecule has 1 N–H and O–H groups in total. The highest BCUT2D eigenvalue weighted by Crippen LogP contribution is 2.12. The van der Waals surface area contributed by atoms with Crippen LogP contribution in [-0.2, 0) is 0 Å². The number of carbonyl (C=O) groups is 1. The van der Waals surface area contributed by atoms with Crippen LogP contribution in [0.2, 0.25) is 0 Å². The number of hydrogen-bond acceptors (Lipinski definition) is 3. The summed E-state index contributed by atoms with van der Waals surface area (Å²) in [5.41, 5.74) is 2.48. The van der Waals surface area contributed by atoms with E-state index in [4.69, 9.17) is 4.42 Å². The maximum atomic E-state index is 11.7. The van der Waals surface area contributed by atoms with E-state index < -0.39 is 0 Å². The van der Waals surface area contributed by atoms with Crippen LogP contribution >= 0.6 is 0 Å². The van der Waals surface area contributed by atoms with Crippen molar-refractivity contribution in [3.63, 3.8) is 0 Å². The number of hydrogen-bond donors (Lipinski definition) is 1. The molecule has 0 unspecified atom stereocenters. The van der Waals surface area contributed by atoms with E-state index in [-0.39, 0.29) is 11.7 Å². The molecule has 0 aliphatic heterocycles. The molecule has 82 valence electrons. The van der Waals surface area contributed by atoms with Crippen LogP contribution in [0.1, 0.15) is 21.8 Å². The lowest BCUT2D eigenvalue weighted by Gasteiger charge is -2.03. The number of aromatic nitrogens is 1. The Balaban J connectivity index is 2.14. The number of carbonyl (C=O) groups excluding carboxylic acids is 1. The van der Waals surface area contributed by atoms with Gasteiger partial charge < -0.3 is 9.73 Å². The highest BCUT2D eigenvalue weighted by molar-refractivity contribution is 6.02. The minimum atomic E-state index is -0.279.